The molecule has 2 aromatic rings. The van der Waals surface area contributed by atoms with E-state index in [-0.39, 0.29) is 11.6 Å². The minimum absolute atomic E-state index is 0.0704. The van der Waals surface area contributed by atoms with Crippen molar-refractivity contribution in [2.24, 2.45) is 0 Å². The minimum Gasteiger partial charge on any atom is -0.483 e. The van der Waals surface area contributed by atoms with E-state index in [0.29, 0.717) is 10.9 Å². The van der Waals surface area contributed by atoms with Crippen LogP contribution in [0.1, 0.15) is 0 Å². The van der Waals surface area contributed by atoms with Gasteiger partial charge in [0.25, 0.3) is 0 Å². The van der Waals surface area contributed by atoms with Crippen molar-refractivity contribution in [3.63, 3.8) is 0 Å². The van der Waals surface area contributed by atoms with Gasteiger partial charge in [-0.25, -0.2) is 0 Å². The van der Waals surface area contributed by atoms with Gasteiger partial charge in [0.15, 0.2) is 12.4 Å². The summed E-state index contributed by atoms with van der Waals surface area (Å²) in [5, 5.41) is 6.65. The summed E-state index contributed by atoms with van der Waals surface area (Å²) >= 11 is 0. The van der Waals surface area contributed by atoms with E-state index in [1.807, 2.05) is 0 Å². The SMILES string of the molecule is Nc1n[nH]c2cccc(OCC(F)(F)F)c12. The third kappa shape index (κ3) is 2.02. The predicted molar refractivity (Wildman–Crippen MR) is 52.1 cm³/mol. The molecule has 16 heavy (non-hydrogen) atoms. The first-order chi connectivity index (χ1) is 7.47. The van der Waals surface area contributed by atoms with Gasteiger partial charge in [-0.1, -0.05) is 6.07 Å². The zero-order valence-corrected chi connectivity index (χ0v) is 8.01. The first-order valence-electron chi connectivity index (χ1n) is 4.39. The molecule has 86 valence electrons. The summed E-state index contributed by atoms with van der Waals surface area (Å²) < 4.78 is 40.6. The van der Waals surface area contributed by atoms with Gasteiger partial charge < -0.3 is 10.5 Å². The van der Waals surface area contributed by atoms with Crippen molar-refractivity contribution in [1.82, 2.24) is 10.2 Å². The Bertz CT molecular complexity index is 506. The molecule has 4 nitrogen and oxygen atoms in total. The van der Waals surface area contributed by atoms with E-state index in [1.165, 1.54) is 6.07 Å². The average molecular weight is 231 g/mol. The van der Waals surface area contributed by atoms with Gasteiger partial charge in [0.05, 0.1) is 10.9 Å². The highest BCUT2D eigenvalue weighted by molar-refractivity contribution is 5.94. The number of nitrogens with two attached hydrogens (primary N) is 1. The van der Waals surface area contributed by atoms with Gasteiger partial charge in [-0.15, -0.1) is 0 Å². The molecule has 1 aromatic carbocycles. The van der Waals surface area contributed by atoms with Crippen LogP contribution < -0.4 is 10.5 Å². The van der Waals surface area contributed by atoms with Crippen LogP contribution in [-0.2, 0) is 0 Å². The van der Waals surface area contributed by atoms with E-state index in [2.05, 4.69) is 14.9 Å². The molecule has 0 radical (unpaired) electrons. The van der Waals surface area contributed by atoms with Crippen LogP contribution in [0.5, 0.6) is 5.75 Å². The second-order valence-corrected chi connectivity index (χ2v) is 3.19. The Morgan fingerprint density at radius 2 is 2.12 bits per heavy atom. The quantitative estimate of drug-likeness (QED) is 0.831. The number of benzene rings is 1. The monoisotopic (exact) mass is 231 g/mol. The number of nitrogen functional groups attached to an aromatic ring is 1. The first-order valence-corrected chi connectivity index (χ1v) is 4.39. The number of halogens is 3. The van der Waals surface area contributed by atoms with Crippen LogP contribution in [0.3, 0.4) is 0 Å². The number of alkyl halides is 3. The zero-order valence-electron chi connectivity index (χ0n) is 8.01. The molecule has 0 aliphatic heterocycles. The van der Waals surface area contributed by atoms with Crippen LogP contribution in [0, 0.1) is 0 Å². The van der Waals surface area contributed by atoms with Gasteiger partial charge in [0.1, 0.15) is 5.75 Å². The minimum atomic E-state index is -4.37. The number of aromatic nitrogens is 2. The Morgan fingerprint density at radius 3 is 2.81 bits per heavy atom. The highest BCUT2D eigenvalue weighted by atomic mass is 19.4. The Balaban J connectivity index is 2.33. The fraction of sp³-hybridized carbons (Fsp3) is 0.222. The maximum atomic E-state index is 12.0. The summed E-state index contributed by atoms with van der Waals surface area (Å²) in [6.45, 7) is -1.35. The largest absolute Gasteiger partial charge is 0.483 e. The standard InChI is InChI=1S/C9H8F3N3O/c10-9(11,12)4-16-6-3-1-2-5-7(6)8(13)15-14-5/h1-3H,4H2,(H3,13,14,15). The van der Waals surface area contributed by atoms with Crippen LogP contribution in [0.25, 0.3) is 10.9 Å². The van der Waals surface area contributed by atoms with Crippen molar-refractivity contribution < 1.29 is 17.9 Å². The number of aromatic amines is 1. The van der Waals surface area contributed by atoms with Crippen molar-refractivity contribution >= 4 is 16.7 Å². The van der Waals surface area contributed by atoms with Crippen LogP contribution in [0.15, 0.2) is 18.2 Å². The number of hydrogen-bond donors (Lipinski definition) is 2. The van der Waals surface area contributed by atoms with Gasteiger partial charge in [0, 0.05) is 0 Å². The number of fused-ring (bicyclic) bond motifs is 1. The first kappa shape index (κ1) is 10.6. The van der Waals surface area contributed by atoms with E-state index in [4.69, 9.17) is 5.73 Å². The second-order valence-electron chi connectivity index (χ2n) is 3.19. The van der Waals surface area contributed by atoms with Crippen molar-refractivity contribution in [3.05, 3.63) is 18.2 Å². The highest BCUT2D eigenvalue weighted by Gasteiger charge is 2.28. The van der Waals surface area contributed by atoms with Gasteiger partial charge in [-0.2, -0.15) is 18.3 Å². The van der Waals surface area contributed by atoms with Gasteiger partial charge >= 0.3 is 6.18 Å². The molecule has 7 heteroatoms. The fourth-order valence-corrected chi connectivity index (χ4v) is 1.34. The molecule has 0 bridgehead atoms. The molecule has 1 heterocycles. The van der Waals surface area contributed by atoms with E-state index < -0.39 is 12.8 Å². The molecule has 0 aliphatic carbocycles. The summed E-state index contributed by atoms with van der Waals surface area (Å²) in [7, 11) is 0. The molecule has 3 N–H and O–H groups in total. The number of nitrogens with one attached hydrogen (secondary N) is 1. The molecule has 0 saturated heterocycles. The smallest absolute Gasteiger partial charge is 0.422 e. The Morgan fingerprint density at radius 1 is 1.38 bits per heavy atom. The predicted octanol–water partition coefficient (Wildman–Crippen LogP) is 2.09. The van der Waals surface area contributed by atoms with Crippen LogP contribution in [0.4, 0.5) is 19.0 Å². The maximum Gasteiger partial charge on any atom is 0.422 e. The molecule has 0 unspecified atom stereocenters. The normalized spacial score (nSPS) is 11.9. The van der Waals surface area contributed by atoms with E-state index in [9.17, 15) is 13.2 Å². The summed E-state index contributed by atoms with van der Waals surface area (Å²) in [4.78, 5) is 0. The molecule has 0 atom stereocenters. The third-order valence-corrected chi connectivity index (χ3v) is 1.97. The van der Waals surface area contributed by atoms with Crippen molar-refractivity contribution in [1.29, 1.82) is 0 Å². The fourth-order valence-electron chi connectivity index (χ4n) is 1.34. The summed E-state index contributed by atoms with van der Waals surface area (Å²) in [5.41, 5.74) is 6.05. The van der Waals surface area contributed by atoms with Crippen LogP contribution >= 0.6 is 0 Å². The second kappa shape index (κ2) is 3.58. The molecule has 2 rings (SSSR count). The van der Waals surface area contributed by atoms with Crippen molar-refractivity contribution in [2.75, 3.05) is 12.3 Å². The highest BCUT2D eigenvalue weighted by Crippen LogP contribution is 2.29. The lowest BCUT2D eigenvalue weighted by Gasteiger charge is -2.09. The summed E-state index contributed by atoms with van der Waals surface area (Å²) in [6, 6.07) is 4.63. The lowest BCUT2D eigenvalue weighted by molar-refractivity contribution is -0.153. The Hall–Kier alpha value is -1.92. The van der Waals surface area contributed by atoms with Crippen LogP contribution in [-0.4, -0.2) is 23.0 Å². The molecule has 0 aliphatic rings. The lowest BCUT2D eigenvalue weighted by Crippen LogP contribution is -2.19. The van der Waals surface area contributed by atoms with Crippen molar-refractivity contribution in [2.45, 2.75) is 6.18 Å². The zero-order chi connectivity index (χ0) is 11.8. The molecule has 1 aromatic heterocycles. The molecule has 0 spiro atoms. The topological polar surface area (TPSA) is 63.9 Å². The van der Waals surface area contributed by atoms with Crippen LogP contribution in [0.2, 0.25) is 0 Å². The lowest BCUT2D eigenvalue weighted by atomic mass is 10.2. The molecular formula is C9H8F3N3O. The molecular weight excluding hydrogens is 223 g/mol. The molecule has 0 amide bonds. The molecule has 0 fully saturated rings. The number of anilines is 1. The Labute approximate surface area is 88.2 Å². The number of rotatable bonds is 2. The van der Waals surface area contributed by atoms with Gasteiger partial charge in [-0.3, -0.25) is 5.10 Å². The van der Waals surface area contributed by atoms with Crippen molar-refractivity contribution in [3.8, 4) is 5.75 Å². The van der Waals surface area contributed by atoms with Gasteiger partial charge in [0.2, 0.25) is 0 Å². The number of H-pyrrole nitrogens is 1. The average Bonchev–Trinajstić information content (AvgIpc) is 2.57. The Kier molecular flexibility index (Phi) is 2.37. The number of nitrogens with zero attached hydrogens (tertiary/aromatic N) is 1. The number of ether oxygens (including phenoxy) is 1. The maximum absolute atomic E-state index is 12.0. The molecule has 0 saturated carbocycles. The van der Waals surface area contributed by atoms with E-state index in [1.54, 1.807) is 12.1 Å². The van der Waals surface area contributed by atoms with E-state index >= 15 is 0 Å². The summed E-state index contributed by atoms with van der Waals surface area (Å²) in [5.74, 6) is 0.189. The summed E-state index contributed by atoms with van der Waals surface area (Å²) in [6.07, 6.45) is -4.37. The van der Waals surface area contributed by atoms with Gasteiger partial charge in [-0.05, 0) is 12.1 Å². The third-order valence-electron chi connectivity index (χ3n) is 1.97. The number of hydrogen-bond acceptors (Lipinski definition) is 3. The van der Waals surface area contributed by atoms with E-state index in [0.717, 1.165) is 0 Å².